The second-order valence-electron chi connectivity index (χ2n) is 7.25. The minimum absolute atomic E-state index is 0.0191. The number of halogens is 3. The third kappa shape index (κ3) is 2.38. The van der Waals surface area contributed by atoms with Gasteiger partial charge in [-0.05, 0) is 49.6 Å². The summed E-state index contributed by atoms with van der Waals surface area (Å²) in [6.07, 6.45) is 1.63. The maximum absolute atomic E-state index is 15.0. The Morgan fingerprint density at radius 3 is 2.39 bits per heavy atom. The first kappa shape index (κ1) is 17.0. The highest BCUT2D eigenvalue weighted by molar-refractivity contribution is 6.02. The first-order chi connectivity index (χ1) is 13.3. The molecule has 142 valence electrons. The SMILES string of the molecule is Cc1nc2c(=O)n(C3CC3)c3cc(-c4cc(F)c(C)cc4F)c(F)cc3c2o1. The van der Waals surface area contributed by atoms with Gasteiger partial charge in [-0.2, -0.15) is 0 Å². The van der Waals surface area contributed by atoms with Gasteiger partial charge in [0.15, 0.2) is 17.0 Å². The zero-order valence-corrected chi connectivity index (χ0v) is 15.1. The normalized spacial score (nSPS) is 14.3. The van der Waals surface area contributed by atoms with Gasteiger partial charge in [-0.3, -0.25) is 4.79 Å². The van der Waals surface area contributed by atoms with Crippen LogP contribution in [-0.4, -0.2) is 9.55 Å². The molecule has 4 nitrogen and oxygen atoms in total. The van der Waals surface area contributed by atoms with E-state index in [1.165, 1.54) is 19.1 Å². The second kappa shape index (κ2) is 5.70. The van der Waals surface area contributed by atoms with Crippen molar-refractivity contribution >= 4 is 22.0 Å². The van der Waals surface area contributed by atoms with Crippen LogP contribution < -0.4 is 5.56 Å². The summed E-state index contributed by atoms with van der Waals surface area (Å²) in [6.45, 7) is 3.05. The van der Waals surface area contributed by atoms with Crippen LogP contribution in [0.1, 0.15) is 30.3 Å². The molecule has 0 saturated heterocycles. The lowest BCUT2D eigenvalue weighted by molar-refractivity contribution is 0.563. The van der Waals surface area contributed by atoms with Crippen LogP contribution in [-0.2, 0) is 0 Å². The summed E-state index contributed by atoms with van der Waals surface area (Å²) in [7, 11) is 0. The molecule has 28 heavy (non-hydrogen) atoms. The van der Waals surface area contributed by atoms with E-state index in [0.29, 0.717) is 16.8 Å². The molecule has 0 atom stereocenters. The molecule has 1 saturated carbocycles. The molecule has 2 aromatic carbocycles. The largest absolute Gasteiger partial charge is 0.440 e. The number of pyridine rings is 1. The molecule has 2 aromatic heterocycles. The van der Waals surface area contributed by atoms with Gasteiger partial charge >= 0.3 is 0 Å². The molecule has 0 unspecified atom stereocenters. The Bertz CT molecular complexity index is 1350. The van der Waals surface area contributed by atoms with Crippen LogP contribution in [0.5, 0.6) is 0 Å². The third-order valence-corrected chi connectivity index (χ3v) is 5.20. The Morgan fingerprint density at radius 1 is 1.00 bits per heavy atom. The summed E-state index contributed by atoms with van der Waals surface area (Å²) in [5, 5.41) is 0.386. The summed E-state index contributed by atoms with van der Waals surface area (Å²) >= 11 is 0. The number of nitrogens with zero attached hydrogens (tertiary/aromatic N) is 2. The number of fused-ring (bicyclic) bond motifs is 3. The fourth-order valence-electron chi connectivity index (χ4n) is 3.68. The minimum Gasteiger partial charge on any atom is -0.440 e. The summed E-state index contributed by atoms with van der Waals surface area (Å²) in [5.74, 6) is -1.78. The number of rotatable bonds is 2. The maximum Gasteiger partial charge on any atom is 0.281 e. The van der Waals surface area contributed by atoms with E-state index in [9.17, 15) is 18.0 Å². The summed E-state index contributed by atoms with van der Waals surface area (Å²) in [4.78, 5) is 17.1. The molecular weight excluding hydrogens is 369 g/mol. The van der Waals surface area contributed by atoms with Crippen molar-refractivity contribution in [2.75, 3.05) is 0 Å². The van der Waals surface area contributed by atoms with Crippen molar-refractivity contribution in [3.05, 3.63) is 63.5 Å². The molecule has 1 fully saturated rings. The minimum atomic E-state index is -0.731. The van der Waals surface area contributed by atoms with Gasteiger partial charge in [-0.25, -0.2) is 18.2 Å². The zero-order valence-electron chi connectivity index (χ0n) is 15.1. The van der Waals surface area contributed by atoms with Crippen LogP contribution in [0.25, 0.3) is 33.1 Å². The van der Waals surface area contributed by atoms with Crippen LogP contribution >= 0.6 is 0 Å². The van der Waals surface area contributed by atoms with Crippen LogP contribution in [0.4, 0.5) is 13.2 Å². The van der Waals surface area contributed by atoms with Crippen molar-refractivity contribution in [1.29, 1.82) is 0 Å². The van der Waals surface area contributed by atoms with E-state index in [4.69, 9.17) is 4.42 Å². The quantitative estimate of drug-likeness (QED) is 0.479. The van der Waals surface area contributed by atoms with E-state index in [1.54, 1.807) is 11.5 Å². The van der Waals surface area contributed by atoms with Crippen LogP contribution in [0.3, 0.4) is 0 Å². The molecule has 0 radical (unpaired) electrons. The topological polar surface area (TPSA) is 48.0 Å². The summed E-state index contributed by atoms with van der Waals surface area (Å²) in [6, 6.07) is 4.59. The van der Waals surface area contributed by atoms with Crippen molar-refractivity contribution in [2.24, 2.45) is 0 Å². The third-order valence-electron chi connectivity index (χ3n) is 5.20. The fourth-order valence-corrected chi connectivity index (χ4v) is 3.68. The monoisotopic (exact) mass is 384 g/mol. The fraction of sp³-hybridized carbons (Fsp3) is 0.238. The van der Waals surface area contributed by atoms with Gasteiger partial charge in [0.25, 0.3) is 5.56 Å². The van der Waals surface area contributed by atoms with Gasteiger partial charge in [0.05, 0.1) is 5.52 Å². The van der Waals surface area contributed by atoms with Gasteiger partial charge in [0.2, 0.25) is 0 Å². The number of aromatic nitrogens is 2. The molecule has 4 aromatic rings. The average molecular weight is 384 g/mol. The van der Waals surface area contributed by atoms with Crippen LogP contribution in [0, 0.1) is 31.3 Å². The van der Waals surface area contributed by atoms with Crippen molar-refractivity contribution in [3.8, 4) is 11.1 Å². The predicted octanol–water partition coefficient (Wildman–Crippen LogP) is 5.18. The highest BCUT2D eigenvalue weighted by atomic mass is 19.1. The highest BCUT2D eigenvalue weighted by Crippen LogP contribution is 2.39. The first-order valence-corrected chi connectivity index (χ1v) is 8.96. The average Bonchev–Trinajstić information content (AvgIpc) is 3.39. The Hall–Kier alpha value is -3.09. The standard InChI is InChI=1S/C21H15F3N2O2/c1-9-5-16(23)12(6-15(9)22)13-8-18-14(7-17(13)24)20-19(25-10(2)28-20)21(27)26(18)11-3-4-11/h5-8,11H,3-4H2,1-2H3. The van der Waals surface area contributed by atoms with Crippen molar-refractivity contribution in [2.45, 2.75) is 32.7 Å². The van der Waals surface area contributed by atoms with Crippen molar-refractivity contribution in [1.82, 2.24) is 9.55 Å². The van der Waals surface area contributed by atoms with Crippen molar-refractivity contribution in [3.63, 3.8) is 0 Å². The first-order valence-electron chi connectivity index (χ1n) is 8.96. The van der Waals surface area contributed by atoms with Crippen LogP contribution in [0.15, 0.2) is 33.5 Å². The Labute approximate surface area is 157 Å². The lowest BCUT2D eigenvalue weighted by Gasteiger charge is -2.13. The molecule has 0 spiro atoms. The molecular formula is C21H15F3N2O2. The van der Waals surface area contributed by atoms with Crippen LogP contribution in [0.2, 0.25) is 0 Å². The van der Waals surface area contributed by atoms with Crippen molar-refractivity contribution < 1.29 is 17.6 Å². The molecule has 1 aliphatic rings. The lowest BCUT2D eigenvalue weighted by Crippen LogP contribution is -2.20. The molecule has 0 aliphatic heterocycles. The van der Waals surface area contributed by atoms with Gasteiger partial charge < -0.3 is 8.98 Å². The van der Waals surface area contributed by atoms with E-state index in [0.717, 1.165) is 25.0 Å². The van der Waals surface area contributed by atoms with Gasteiger partial charge in [-0.1, -0.05) is 0 Å². The van der Waals surface area contributed by atoms with E-state index in [2.05, 4.69) is 4.98 Å². The second-order valence-corrected chi connectivity index (χ2v) is 7.25. The lowest BCUT2D eigenvalue weighted by atomic mass is 10.00. The molecule has 2 heterocycles. The molecule has 0 bridgehead atoms. The summed E-state index contributed by atoms with van der Waals surface area (Å²) < 4.78 is 50.6. The number of benzene rings is 2. The highest BCUT2D eigenvalue weighted by Gasteiger charge is 2.29. The maximum atomic E-state index is 15.0. The zero-order chi connectivity index (χ0) is 19.7. The van der Waals surface area contributed by atoms with Gasteiger partial charge in [-0.15, -0.1) is 0 Å². The number of aryl methyl sites for hydroxylation is 2. The van der Waals surface area contributed by atoms with Gasteiger partial charge in [0.1, 0.15) is 17.5 Å². The Morgan fingerprint density at radius 2 is 1.68 bits per heavy atom. The summed E-state index contributed by atoms with van der Waals surface area (Å²) in [5.41, 5.74) is 0.297. The molecule has 7 heteroatoms. The predicted molar refractivity (Wildman–Crippen MR) is 98.8 cm³/mol. The molecule has 0 amide bonds. The van der Waals surface area contributed by atoms with Gasteiger partial charge in [0, 0.05) is 29.5 Å². The van der Waals surface area contributed by atoms with E-state index >= 15 is 0 Å². The number of hydrogen-bond donors (Lipinski definition) is 0. The molecule has 0 N–H and O–H groups in total. The van der Waals surface area contributed by atoms with E-state index < -0.39 is 17.5 Å². The smallest absolute Gasteiger partial charge is 0.281 e. The van der Waals surface area contributed by atoms with E-state index in [-0.39, 0.29) is 39.4 Å². The Kier molecular flexibility index (Phi) is 3.47. The molecule has 5 rings (SSSR count). The van der Waals surface area contributed by atoms with E-state index in [1.807, 2.05) is 0 Å². The molecule has 1 aliphatic carbocycles. The number of hydrogen-bond acceptors (Lipinski definition) is 3. The Balaban J connectivity index is 1.91. The number of oxazole rings is 1.